The van der Waals surface area contributed by atoms with Crippen LogP contribution < -0.4 is 13.8 Å². The van der Waals surface area contributed by atoms with E-state index in [2.05, 4.69) is 0 Å². The van der Waals surface area contributed by atoms with Gasteiger partial charge in [0.05, 0.1) is 29.3 Å². The molecule has 8 heteroatoms. The normalized spacial score (nSPS) is 11.4. The first-order valence-corrected chi connectivity index (χ1v) is 12.5. The van der Waals surface area contributed by atoms with Crippen LogP contribution in [0.4, 0.5) is 5.69 Å². The topological polar surface area (TPSA) is 72.9 Å². The lowest BCUT2D eigenvalue weighted by Gasteiger charge is -2.22. The molecule has 0 radical (unpaired) electrons. The first-order chi connectivity index (χ1) is 16.3. The van der Waals surface area contributed by atoms with E-state index in [1.54, 1.807) is 42.5 Å². The number of anilines is 1. The van der Waals surface area contributed by atoms with Gasteiger partial charge in [-0.2, -0.15) is 4.31 Å². The van der Waals surface area contributed by atoms with E-state index in [4.69, 9.17) is 21.1 Å². The summed E-state index contributed by atoms with van der Waals surface area (Å²) in [5.41, 5.74) is 1.72. The molecule has 34 heavy (non-hydrogen) atoms. The molecule has 0 atom stereocenters. The zero-order chi connectivity index (χ0) is 24.7. The van der Waals surface area contributed by atoms with E-state index in [9.17, 15) is 13.2 Å². The molecule has 0 saturated heterocycles. The van der Waals surface area contributed by atoms with Gasteiger partial charge in [-0.15, -0.1) is 0 Å². The summed E-state index contributed by atoms with van der Waals surface area (Å²) in [7, 11) is -2.76. The molecule has 0 spiro atoms. The maximum atomic E-state index is 13.5. The Hall–Kier alpha value is -3.29. The molecule has 0 saturated carbocycles. The van der Waals surface area contributed by atoms with Crippen LogP contribution in [0.25, 0.3) is 6.08 Å². The van der Waals surface area contributed by atoms with Gasteiger partial charge < -0.3 is 9.47 Å². The number of carbonyl (C=O) groups excluding carboxylic acids is 1. The van der Waals surface area contributed by atoms with Crippen LogP contribution in [0.3, 0.4) is 0 Å². The number of halogens is 1. The number of sulfonamides is 1. The molecule has 0 aromatic heterocycles. The van der Waals surface area contributed by atoms with Crippen molar-refractivity contribution in [3.8, 4) is 11.5 Å². The van der Waals surface area contributed by atoms with Crippen molar-refractivity contribution in [2.75, 3.05) is 18.0 Å². The Kier molecular flexibility index (Phi) is 8.36. The Morgan fingerprint density at radius 1 is 1.03 bits per heavy atom. The minimum Gasteiger partial charge on any atom is -0.495 e. The van der Waals surface area contributed by atoms with Gasteiger partial charge in [0.1, 0.15) is 11.5 Å². The second-order valence-electron chi connectivity index (χ2n) is 7.49. The molecule has 0 aliphatic carbocycles. The average Bonchev–Trinajstić information content (AvgIpc) is 2.82. The summed E-state index contributed by atoms with van der Waals surface area (Å²) in [5, 5.41) is 0.184. The van der Waals surface area contributed by atoms with Gasteiger partial charge in [0.25, 0.3) is 15.9 Å². The number of nitrogens with zero attached hydrogens (tertiary/aromatic N) is 1. The molecule has 0 aliphatic rings. The molecular formula is C26H26ClNO5S. The number of hydrogen-bond acceptors (Lipinski definition) is 5. The lowest BCUT2D eigenvalue weighted by molar-refractivity contribution is -0.113. The standard InChI is InChI=1S/C26H26ClNO5S/c1-4-17-33-22-11-7-20(8-12-22)9-16-26(29)28(21-10-15-25(32-3)24(27)18-21)34(30,31)23-13-5-19(2)6-14-23/h5-16,18H,4,17H2,1-3H3/b16-9+. The zero-order valence-electron chi connectivity index (χ0n) is 19.2. The molecule has 0 heterocycles. The smallest absolute Gasteiger partial charge is 0.271 e. The summed E-state index contributed by atoms with van der Waals surface area (Å²) in [4.78, 5) is 13.2. The fourth-order valence-electron chi connectivity index (χ4n) is 3.11. The molecule has 3 aromatic rings. The van der Waals surface area contributed by atoms with Crippen LogP contribution in [0.2, 0.25) is 5.02 Å². The Morgan fingerprint density at radius 2 is 1.71 bits per heavy atom. The lowest BCUT2D eigenvalue weighted by atomic mass is 10.2. The summed E-state index contributed by atoms with van der Waals surface area (Å²) in [6, 6.07) is 17.8. The first kappa shape index (κ1) is 25.3. The predicted molar refractivity (Wildman–Crippen MR) is 135 cm³/mol. The van der Waals surface area contributed by atoms with Gasteiger partial charge in [-0.1, -0.05) is 48.4 Å². The maximum absolute atomic E-state index is 13.5. The fraction of sp³-hybridized carbons (Fsp3) is 0.192. The molecule has 178 valence electrons. The molecular weight excluding hydrogens is 474 g/mol. The second-order valence-corrected chi connectivity index (χ2v) is 9.68. The highest BCUT2D eigenvalue weighted by atomic mass is 35.5. The van der Waals surface area contributed by atoms with Crippen LogP contribution in [0.15, 0.2) is 77.7 Å². The van der Waals surface area contributed by atoms with Crippen molar-refractivity contribution >= 4 is 39.3 Å². The summed E-state index contributed by atoms with van der Waals surface area (Å²) in [6.45, 7) is 4.49. The summed E-state index contributed by atoms with van der Waals surface area (Å²) in [6.07, 6.45) is 3.66. The number of rotatable bonds is 9. The molecule has 0 fully saturated rings. The highest BCUT2D eigenvalue weighted by molar-refractivity contribution is 7.93. The Morgan fingerprint density at radius 3 is 2.29 bits per heavy atom. The van der Waals surface area contributed by atoms with Crippen molar-refractivity contribution in [1.29, 1.82) is 0 Å². The number of ether oxygens (including phenoxy) is 2. The molecule has 0 bridgehead atoms. The quantitative estimate of drug-likeness (QED) is 0.344. The van der Waals surface area contributed by atoms with E-state index >= 15 is 0 Å². The Balaban J connectivity index is 1.97. The van der Waals surface area contributed by atoms with Crippen molar-refractivity contribution in [3.05, 3.63) is 89.0 Å². The van der Waals surface area contributed by atoms with Crippen LogP contribution in [-0.4, -0.2) is 28.0 Å². The van der Waals surface area contributed by atoms with Gasteiger partial charge in [-0.05, 0) is 67.4 Å². The van der Waals surface area contributed by atoms with Crippen molar-refractivity contribution in [2.24, 2.45) is 0 Å². The molecule has 0 aliphatic heterocycles. The Bertz CT molecular complexity index is 1270. The largest absolute Gasteiger partial charge is 0.495 e. The van der Waals surface area contributed by atoms with Gasteiger partial charge in [-0.25, -0.2) is 8.42 Å². The molecule has 0 unspecified atom stereocenters. The van der Waals surface area contributed by atoms with E-state index in [0.717, 1.165) is 27.6 Å². The van der Waals surface area contributed by atoms with Crippen molar-refractivity contribution in [2.45, 2.75) is 25.2 Å². The zero-order valence-corrected chi connectivity index (χ0v) is 20.8. The second kappa shape index (κ2) is 11.2. The summed E-state index contributed by atoms with van der Waals surface area (Å²) in [5.74, 6) is 0.348. The summed E-state index contributed by atoms with van der Waals surface area (Å²) < 4.78 is 38.4. The van der Waals surface area contributed by atoms with E-state index < -0.39 is 15.9 Å². The summed E-state index contributed by atoms with van der Waals surface area (Å²) >= 11 is 6.23. The van der Waals surface area contributed by atoms with Crippen LogP contribution in [-0.2, 0) is 14.8 Å². The van der Waals surface area contributed by atoms with E-state index in [0.29, 0.717) is 12.4 Å². The van der Waals surface area contributed by atoms with Crippen LogP contribution in [0.5, 0.6) is 11.5 Å². The SMILES string of the molecule is CCCOc1ccc(/C=C/C(=O)N(c2ccc(OC)c(Cl)c2)S(=O)(=O)c2ccc(C)cc2)cc1. The predicted octanol–water partition coefficient (Wildman–Crippen LogP) is 5.88. The molecule has 6 nitrogen and oxygen atoms in total. The number of hydrogen-bond donors (Lipinski definition) is 0. The molecule has 1 amide bonds. The van der Waals surface area contributed by atoms with Gasteiger partial charge in [0, 0.05) is 6.08 Å². The highest BCUT2D eigenvalue weighted by Crippen LogP contribution is 2.32. The first-order valence-electron chi connectivity index (χ1n) is 10.7. The van der Waals surface area contributed by atoms with Crippen molar-refractivity contribution in [1.82, 2.24) is 0 Å². The van der Waals surface area contributed by atoms with E-state index in [1.807, 2.05) is 13.8 Å². The van der Waals surface area contributed by atoms with Crippen LogP contribution in [0, 0.1) is 6.92 Å². The third-order valence-corrected chi connectivity index (χ3v) is 6.94. The number of methoxy groups -OCH3 is 1. The maximum Gasteiger partial charge on any atom is 0.271 e. The number of benzene rings is 3. The average molecular weight is 500 g/mol. The minimum absolute atomic E-state index is 0.00998. The Labute approximate surface area is 205 Å². The monoisotopic (exact) mass is 499 g/mol. The van der Waals surface area contributed by atoms with Crippen LogP contribution >= 0.6 is 11.6 Å². The van der Waals surface area contributed by atoms with E-state index in [1.165, 1.54) is 43.5 Å². The minimum atomic E-state index is -4.21. The van der Waals surface area contributed by atoms with Gasteiger partial charge >= 0.3 is 0 Å². The van der Waals surface area contributed by atoms with Crippen molar-refractivity contribution < 1.29 is 22.7 Å². The molecule has 0 N–H and O–H groups in total. The van der Waals surface area contributed by atoms with Gasteiger partial charge in [-0.3, -0.25) is 4.79 Å². The van der Waals surface area contributed by atoms with Gasteiger partial charge in [0.2, 0.25) is 0 Å². The van der Waals surface area contributed by atoms with E-state index in [-0.39, 0.29) is 15.6 Å². The number of aryl methyl sites for hydroxylation is 1. The molecule has 3 aromatic carbocycles. The number of carbonyl (C=O) groups is 1. The highest BCUT2D eigenvalue weighted by Gasteiger charge is 2.30. The lowest BCUT2D eigenvalue weighted by Crippen LogP contribution is -2.35. The fourth-order valence-corrected chi connectivity index (χ4v) is 4.74. The third-order valence-electron chi connectivity index (χ3n) is 4.90. The van der Waals surface area contributed by atoms with Crippen molar-refractivity contribution in [3.63, 3.8) is 0 Å². The number of amides is 1. The van der Waals surface area contributed by atoms with Gasteiger partial charge in [0.15, 0.2) is 0 Å². The molecule has 3 rings (SSSR count). The third kappa shape index (κ3) is 5.98. The van der Waals surface area contributed by atoms with Crippen LogP contribution in [0.1, 0.15) is 24.5 Å².